The van der Waals surface area contributed by atoms with Gasteiger partial charge in [-0.25, -0.2) is 9.78 Å². The summed E-state index contributed by atoms with van der Waals surface area (Å²) < 4.78 is 0.727. The number of hydrogen-bond donors (Lipinski definition) is 2. The molecule has 1 aromatic carbocycles. The lowest BCUT2D eigenvalue weighted by atomic mass is 10.2. The van der Waals surface area contributed by atoms with Crippen LogP contribution < -0.4 is 0 Å². The van der Waals surface area contributed by atoms with Gasteiger partial charge in [0, 0.05) is 9.37 Å². The predicted molar refractivity (Wildman–Crippen MR) is 66.3 cm³/mol. The highest BCUT2D eigenvalue weighted by atomic mass is 79.9. The van der Waals surface area contributed by atoms with E-state index in [1.54, 1.807) is 25.1 Å². The second kappa shape index (κ2) is 4.89. The van der Waals surface area contributed by atoms with Gasteiger partial charge in [0.25, 0.3) is 0 Å². The van der Waals surface area contributed by atoms with Crippen LogP contribution in [0, 0.1) is 6.92 Å². The monoisotopic (exact) mass is 313 g/mol. The van der Waals surface area contributed by atoms with Gasteiger partial charge in [0.05, 0.1) is 5.56 Å². The van der Waals surface area contributed by atoms with Gasteiger partial charge in [-0.3, -0.25) is 5.10 Å². The molecule has 2 N–H and O–H groups in total. The highest BCUT2D eigenvalue weighted by Crippen LogP contribution is 2.30. The molecule has 0 aliphatic heterocycles. The number of hydrogen-bond acceptors (Lipinski definition) is 4. The van der Waals surface area contributed by atoms with Crippen molar-refractivity contribution in [1.29, 1.82) is 0 Å². The maximum atomic E-state index is 11.1. The van der Waals surface area contributed by atoms with Gasteiger partial charge in [-0.2, -0.15) is 0 Å². The van der Waals surface area contributed by atoms with Crippen LogP contribution in [-0.2, 0) is 0 Å². The Labute approximate surface area is 110 Å². The molecule has 7 heteroatoms. The van der Waals surface area contributed by atoms with E-state index in [0.29, 0.717) is 15.9 Å². The van der Waals surface area contributed by atoms with Crippen molar-refractivity contribution in [3.8, 4) is 0 Å². The molecule has 0 bridgehead atoms. The van der Waals surface area contributed by atoms with Crippen molar-refractivity contribution in [2.75, 3.05) is 0 Å². The number of rotatable bonds is 3. The fourth-order valence-electron chi connectivity index (χ4n) is 1.22. The van der Waals surface area contributed by atoms with E-state index in [2.05, 4.69) is 31.1 Å². The summed E-state index contributed by atoms with van der Waals surface area (Å²) in [6.45, 7) is 1.79. The Morgan fingerprint density at radius 1 is 1.53 bits per heavy atom. The van der Waals surface area contributed by atoms with Crippen LogP contribution in [0.5, 0.6) is 0 Å². The number of halogens is 1. The van der Waals surface area contributed by atoms with Gasteiger partial charge in [0.15, 0.2) is 0 Å². The minimum Gasteiger partial charge on any atom is -0.478 e. The summed E-state index contributed by atoms with van der Waals surface area (Å²) in [6.07, 6.45) is 0. The zero-order valence-electron chi connectivity index (χ0n) is 8.77. The maximum absolute atomic E-state index is 11.1. The molecule has 0 atom stereocenters. The quantitative estimate of drug-likeness (QED) is 0.910. The van der Waals surface area contributed by atoms with E-state index >= 15 is 0 Å². The van der Waals surface area contributed by atoms with Gasteiger partial charge >= 0.3 is 5.97 Å². The van der Waals surface area contributed by atoms with Crippen LogP contribution in [-0.4, -0.2) is 26.3 Å². The Morgan fingerprint density at radius 3 is 2.88 bits per heavy atom. The zero-order chi connectivity index (χ0) is 12.4. The molecule has 1 heterocycles. The molecule has 0 saturated heterocycles. The van der Waals surface area contributed by atoms with Crippen LogP contribution in [0.15, 0.2) is 32.7 Å². The third kappa shape index (κ3) is 2.86. The number of carboxylic acids is 1. The van der Waals surface area contributed by atoms with Gasteiger partial charge < -0.3 is 5.11 Å². The average Bonchev–Trinajstić information content (AvgIpc) is 2.66. The molecule has 17 heavy (non-hydrogen) atoms. The minimum absolute atomic E-state index is 0.229. The zero-order valence-corrected chi connectivity index (χ0v) is 11.2. The summed E-state index contributed by atoms with van der Waals surface area (Å²) in [6, 6.07) is 5.07. The number of aromatic nitrogens is 3. The molecule has 2 aromatic rings. The van der Waals surface area contributed by atoms with Crippen LogP contribution in [0.4, 0.5) is 0 Å². The lowest BCUT2D eigenvalue weighted by Gasteiger charge is -2.03. The Balaban J connectivity index is 2.35. The SMILES string of the molecule is Cc1nc(Sc2ccc(Br)cc2C(=O)O)n[nH]1. The molecular formula is C10H8BrN3O2S. The summed E-state index contributed by atoms with van der Waals surface area (Å²) >= 11 is 4.46. The van der Waals surface area contributed by atoms with Crippen LogP contribution in [0.3, 0.4) is 0 Å². The van der Waals surface area contributed by atoms with Crippen molar-refractivity contribution in [3.63, 3.8) is 0 Å². The summed E-state index contributed by atoms with van der Waals surface area (Å²) in [4.78, 5) is 15.8. The van der Waals surface area contributed by atoms with Gasteiger partial charge in [-0.1, -0.05) is 15.9 Å². The molecule has 0 spiro atoms. The first-order valence-corrected chi connectivity index (χ1v) is 6.27. The molecule has 0 amide bonds. The summed E-state index contributed by atoms with van der Waals surface area (Å²) in [5, 5.41) is 16.3. The van der Waals surface area contributed by atoms with Gasteiger partial charge in [-0.15, -0.1) is 5.10 Å². The normalized spacial score (nSPS) is 10.5. The second-order valence-electron chi connectivity index (χ2n) is 3.25. The number of aromatic amines is 1. The molecule has 88 valence electrons. The summed E-state index contributed by atoms with van der Waals surface area (Å²) in [7, 11) is 0. The smallest absolute Gasteiger partial charge is 0.336 e. The van der Waals surface area contributed by atoms with Crippen molar-refractivity contribution in [2.45, 2.75) is 17.0 Å². The van der Waals surface area contributed by atoms with E-state index in [4.69, 9.17) is 5.11 Å². The highest BCUT2D eigenvalue weighted by Gasteiger charge is 2.13. The lowest BCUT2D eigenvalue weighted by Crippen LogP contribution is -1.98. The van der Waals surface area contributed by atoms with Crippen molar-refractivity contribution in [2.24, 2.45) is 0 Å². The van der Waals surface area contributed by atoms with Gasteiger partial charge in [0.2, 0.25) is 5.16 Å². The second-order valence-corrected chi connectivity index (χ2v) is 5.18. The fraction of sp³-hybridized carbons (Fsp3) is 0.100. The number of benzene rings is 1. The number of nitrogens with one attached hydrogen (secondary N) is 1. The van der Waals surface area contributed by atoms with E-state index < -0.39 is 5.97 Å². The number of H-pyrrole nitrogens is 1. The molecule has 0 unspecified atom stereocenters. The van der Waals surface area contributed by atoms with E-state index in [-0.39, 0.29) is 5.56 Å². The van der Waals surface area contributed by atoms with E-state index in [9.17, 15) is 4.79 Å². The first kappa shape index (κ1) is 12.1. The van der Waals surface area contributed by atoms with Crippen LogP contribution in [0.2, 0.25) is 0 Å². The number of aryl methyl sites for hydroxylation is 1. The lowest BCUT2D eigenvalue weighted by molar-refractivity contribution is 0.0693. The molecule has 0 radical (unpaired) electrons. The Morgan fingerprint density at radius 2 is 2.29 bits per heavy atom. The van der Waals surface area contributed by atoms with Crippen molar-refractivity contribution >= 4 is 33.7 Å². The molecule has 2 rings (SSSR count). The molecule has 1 aromatic heterocycles. The number of carboxylic acid groups (broad SMARTS) is 1. The standard InChI is InChI=1S/C10H8BrN3O2S/c1-5-12-10(14-13-5)17-8-3-2-6(11)4-7(8)9(15)16/h2-4H,1H3,(H,15,16)(H,12,13,14). The minimum atomic E-state index is -0.971. The summed E-state index contributed by atoms with van der Waals surface area (Å²) in [5.41, 5.74) is 0.229. The fourth-order valence-corrected chi connectivity index (χ4v) is 2.45. The van der Waals surface area contributed by atoms with E-state index in [1.807, 2.05) is 0 Å². The maximum Gasteiger partial charge on any atom is 0.336 e. The average molecular weight is 314 g/mol. The van der Waals surface area contributed by atoms with E-state index in [0.717, 1.165) is 4.47 Å². The van der Waals surface area contributed by atoms with Crippen molar-refractivity contribution in [3.05, 3.63) is 34.1 Å². The number of carbonyl (C=O) groups is 1. The molecule has 0 aliphatic rings. The number of aromatic carboxylic acids is 1. The Bertz CT molecular complexity index is 570. The largest absolute Gasteiger partial charge is 0.478 e. The number of nitrogens with zero attached hydrogens (tertiary/aromatic N) is 2. The van der Waals surface area contributed by atoms with Gasteiger partial charge in [0.1, 0.15) is 5.82 Å². The predicted octanol–water partition coefficient (Wildman–Crippen LogP) is 2.73. The molecule has 0 fully saturated rings. The van der Waals surface area contributed by atoms with Crippen molar-refractivity contribution < 1.29 is 9.90 Å². The topological polar surface area (TPSA) is 78.9 Å². The van der Waals surface area contributed by atoms with E-state index in [1.165, 1.54) is 11.8 Å². The Hall–Kier alpha value is -1.34. The summed E-state index contributed by atoms with van der Waals surface area (Å²) in [5.74, 6) is -0.275. The van der Waals surface area contributed by atoms with Gasteiger partial charge in [-0.05, 0) is 36.9 Å². The molecule has 0 aliphatic carbocycles. The first-order chi connectivity index (χ1) is 8.06. The molecular weight excluding hydrogens is 306 g/mol. The molecule has 5 nitrogen and oxygen atoms in total. The molecule has 0 saturated carbocycles. The van der Waals surface area contributed by atoms with Crippen LogP contribution >= 0.6 is 27.7 Å². The first-order valence-electron chi connectivity index (χ1n) is 4.66. The third-order valence-electron chi connectivity index (χ3n) is 1.95. The highest BCUT2D eigenvalue weighted by molar-refractivity contribution is 9.10. The third-order valence-corrected chi connectivity index (χ3v) is 3.38. The Kier molecular flexibility index (Phi) is 3.49. The van der Waals surface area contributed by atoms with Crippen molar-refractivity contribution in [1.82, 2.24) is 15.2 Å². The van der Waals surface area contributed by atoms with Crippen LogP contribution in [0.25, 0.3) is 0 Å². The van der Waals surface area contributed by atoms with Crippen LogP contribution in [0.1, 0.15) is 16.2 Å².